The van der Waals surface area contributed by atoms with Crippen LogP contribution in [-0.2, 0) is 14.8 Å². The molecule has 0 bridgehead atoms. The van der Waals surface area contributed by atoms with Gasteiger partial charge in [-0.25, -0.2) is 13.8 Å². The second-order valence-electron chi connectivity index (χ2n) is 7.46. The molecule has 11 heteroatoms. The van der Waals surface area contributed by atoms with Crippen LogP contribution in [0.5, 0.6) is 0 Å². The van der Waals surface area contributed by atoms with Crippen LogP contribution < -0.4 is 5.43 Å². The molecule has 1 aliphatic heterocycles. The minimum atomic E-state index is -5.04. The minimum Gasteiger partial charge on any atom is -0.289 e. The van der Waals surface area contributed by atoms with Crippen LogP contribution in [0.25, 0.3) is 0 Å². The van der Waals surface area contributed by atoms with Crippen LogP contribution in [0, 0.1) is 0 Å². The molecule has 0 unspecified atom stereocenters. The third kappa shape index (κ3) is 6.26. The quantitative estimate of drug-likeness (QED) is 0.484. The van der Waals surface area contributed by atoms with Crippen molar-refractivity contribution in [3.63, 3.8) is 0 Å². The van der Waals surface area contributed by atoms with Crippen molar-refractivity contribution in [3.8, 4) is 0 Å². The molecule has 1 amide bonds. The number of carbonyl (C=O) groups excluding carboxylic acids is 2. The molecular formula is C22H22F3N3O4S. The zero-order valence-corrected chi connectivity index (χ0v) is 18.3. The standard InChI is InChI=1S/C22H22F3N3O4S/c23-22(24,25)20(29)15-19(16-8-3-1-4-9-16)26-27-21(30)17-10-7-11-18(14-17)33(31,32)28-12-5-2-6-13-28/h1,3-4,7-11,14H,2,5-6,12-13,15H2,(H,27,30)/b26-19-. The van der Waals surface area contributed by atoms with Gasteiger partial charge in [-0.3, -0.25) is 9.59 Å². The van der Waals surface area contributed by atoms with Crippen molar-refractivity contribution in [2.24, 2.45) is 5.10 Å². The minimum absolute atomic E-state index is 0.0357. The average Bonchev–Trinajstić information content (AvgIpc) is 2.82. The van der Waals surface area contributed by atoms with E-state index in [1.54, 1.807) is 18.2 Å². The number of nitrogens with one attached hydrogen (secondary N) is 1. The maximum absolute atomic E-state index is 12.9. The number of benzene rings is 2. The van der Waals surface area contributed by atoms with E-state index in [2.05, 4.69) is 10.5 Å². The zero-order chi connectivity index (χ0) is 24.1. The summed E-state index contributed by atoms with van der Waals surface area (Å²) >= 11 is 0. The fourth-order valence-corrected chi connectivity index (χ4v) is 4.89. The second-order valence-corrected chi connectivity index (χ2v) is 9.39. The summed E-state index contributed by atoms with van der Waals surface area (Å²) in [7, 11) is -3.78. The van der Waals surface area contributed by atoms with Crippen LogP contribution in [0.1, 0.15) is 41.6 Å². The van der Waals surface area contributed by atoms with E-state index >= 15 is 0 Å². The molecule has 0 atom stereocenters. The van der Waals surface area contributed by atoms with Crippen molar-refractivity contribution in [2.75, 3.05) is 13.1 Å². The van der Waals surface area contributed by atoms with Gasteiger partial charge in [0.05, 0.1) is 17.0 Å². The van der Waals surface area contributed by atoms with Crippen molar-refractivity contribution in [1.29, 1.82) is 0 Å². The van der Waals surface area contributed by atoms with E-state index in [9.17, 15) is 31.2 Å². The Morgan fingerprint density at radius 1 is 0.939 bits per heavy atom. The predicted octanol–water partition coefficient (Wildman–Crippen LogP) is 3.52. The summed E-state index contributed by atoms with van der Waals surface area (Å²) in [6, 6.07) is 13.0. The second kappa shape index (κ2) is 10.3. The Bertz CT molecular complexity index is 1140. The van der Waals surface area contributed by atoms with Gasteiger partial charge in [0.2, 0.25) is 15.8 Å². The lowest BCUT2D eigenvalue weighted by atomic mass is 10.1. The monoisotopic (exact) mass is 481 g/mol. The van der Waals surface area contributed by atoms with Crippen molar-refractivity contribution >= 4 is 27.4 Å². The molecule has 1 fully saturated rings. The van der Waals surface area contributed by atoms with E-state index in [1.807, 2.05) is 0 Å². The van der Waals surface area contributed by atoms with Gasteiger partial charge in [0, 0.05) is 18.7 Å². The maximum atomic E-state index is 12.9. The lowest BCUT2D eigenvalue weighted by Crippen LogP contribution is -2.35. The maximum Gasteiger partial charge on any atom is 0.450 e. The highest BCUT2D eigenvalue weighted by molar-refractivity contribution is 7.89. The first-order valence-corrected chi connectivity index (χ1v) is 11.7. The van der Waals surface area contributed by atoms with Crippen molar-refractivity contribution < 1.29 is 31.2 Å². The lowest BCUT2D eigenvalue weighted by Gasteiger charge is -2.25. The number of halogens is 3. The van der Waals surface area contributed by atoms with Gasteiger partial charge in [-0.15, -0.1) is 0 Å². The Balaban J connectivity index is 1.82. The van der Waals surface area contributed by atoms with E-state index in [4.69, 9.17) is 0 Å². The molecule has 2 aromatic carbocycles. The molecule has 1 aliphatic rings. The number of hydrogen-bond acceptors (Lipinski definition) is 5. The van der Waals surface area contributed by atoms with Gasteiger partial charge in [-0.2, -0.15) is 22.6 Å². The Kier molecular flexibility index (Phi) is 7.65. The number of hydrazone groups is 1. The van der Waals surface area contributed by atoms with E-state index in [0.717, 1.165) is 19.3 Å². The zero-order valence-electron chi connectivity index (χ0n) is 17.5. The molecule has 0 aliphatic carbocycles. The van der Waals surface area contributed by atoms with Gasteiger partial charge in [0.15, 0.2) is 0 Å². The Hall–Kier alpha value is -3.05. The van der Waals surface area contributed by atoms with Crippen molar-refractivity contribution in [1.82, 2.24) is 9.73 Å². The number of amides is 1. The molecule has 7 nitrogen and oxygen atoms in total. The van der Waals surface area contributed by atoms with E-state index in [-0.39, 0.29) is 21.7 Å². The Morgan fingerprint density at radius 3 is 2.21 bits per heavy atom. The van der Waals surface area contributed by atoms with Gasteiger partial charge in [-0.1, -0.05) is 42.8 Å². The highest BCUT2D eigenvalue weighted by Gasteiger charge is 2.38. The first-order chi connectivity index (χ1) is 15.6. The summed E-state index contributed by atoms with van der Waals surface area (Å²) in [6.45, 7) is 0.799. The van der Waals surface area contributed by atoms with Gasteiger partial charge >= 0.3 is 6.18 Å². The van der Waals surface area contributed by atoms with Gasteiger partial charge in [0.25, 0.3) is 5.91 Å². The van der Waals surface area contributed by atoms with Gasteiger partial charge in [0.1, 0.15) is 0 Å². The van der Waals surface area contributed by atoms with Crippen molar-refractivity contribution in [2.45, 2.75) is 36.8 Å². The molecule has 176 valence electrons. The van der Waals surface area contributed by atoms with E-state index in [1.165, 1.54) is 40.7 Å². The van der Waals surface area contributed by atoms with Crippen LogP contribution >= 0.6 is 0 Å². The largest absolute Gasteiger partial charge is 0.450 e. The number of alkyl halides is 3. The number of ketones is 1. The number of piperidine rings is 1. The fraction of sp³-hybridized carbons (Fsp3) is 0.318. The van der Waals surface area contributed by atoms with E-state index < -0.39 is 34.3 Å². The third-order valence-corrected chi connectivity index (χ3v) is 6.99. The number of sulfonamides is 1. The van der Waals surface area contributed by atoms with Crippen LogP contribution in [-0.4, -0.2) is 49.4 Å². The topological polar surface area (TPSA) is 95.9 Å². The molecule has 1 N–H and O–H groups in total. The number of nitrogens with zero attached hydrogens (tertiary/aromatic N) is 2. The fourth-order valence-electron chi connectivity index (χ4n) is 3.32. The molecule has 1 saturated heterocycles. The molecule has 33 heavy (non-hydrogen) atoms. The van der Waals surface area contributed by atoms with E-state index in [0.29, 0.717) is 13.1 Å². The summed E-state index contributed by atoms with van der Waals surface area (Å²) in [5, 5.41) is 3.74. The summed E-state index contributed by atoms with van der Waals surface area (Å²) in [4.78, 5) is 24.0. The summed E-state index contributed by atoms with van der Waals surface area (Å²) in [5.74, 6) is -2.83. The molecule has 0 aromatic heterocycles. The number of rotatable bonds is 7. The molecule has 1 heterocycles. The van der Waals surface area contributed by atoms with Crippen LogP contribution in [0.4, 0.5) is 13.2 Å². The SMILES string of the molecule is O=C(N/N=C(/CC(=O)C(F)(F)F)c1ccccc1)c1cccc(S(=O)(=O)N2CCCCC2)c1. The number of Topliss-reactive ketones (excluding diaryl/α,β-unsaturated/α-hetero) is 1. The van der Waals surface area contributed by atoms with Crippen LogP contribution in [0.15, 0.2) is 64.6 Å². The molecule has 0 spiro atoms. The number of hydrogen-bond donors (Lipinski definition) is 1. The third-order valence-electron chi connectivity index (χ3n) is 5.09. The molecular weight excluding hydrogens is 459 g/mol. The first kappa shape index (κ1) is 24.6. The molecule has 2 aromatic rings. The smallest absolute Gasteiger partial charge is 0.289 e. The Morgan fingerprint density at radius 2 is 1.58 bits per heavy atom. The molecule has 3 rings (SSSR count). The highest BCUT2D eigenvalue weighted by Crippen LogP contribution is 2.22. The van der Waals surface area contributed by atoms with Crippen LogP contribution in [0.3, 0.4) is 0 Å². The van der Waals surface area contributed by atoms with Gasteiger partial charge in [-0.05, 0) is 36.6 Å². The summed E-state index contributed by atoms with van der Waals surface area (Å²) in [5.41, 5.74) is 2.06. The lowest BCUT2D eigenvalue weighted by molar-refractivity contribution is -0.169. The molecule has 0 saturated carbocycles. The van der Waals surface area contributed by atoms with Crippen molar-refractivity contribution in [3.05, 3.63) is 65.7 Å². The summed E-state index contributed by atoms with van der Waals surface area (Å²) in [6.07, 6.45) is -3.64. The molecule has 0 radical (unpaired) electrons. The Labute approximate surface area is 189 Å². The normalized spacial score (nSPS) is 15.8. The highest BCUT2D eigenvalue weighted by atomic mass is 32.2. The van der Waals surface area contributed by atoms with Gasteiger partial charge < -0.3 is 0 Å². The first-order valence-electron chi connectivity index (χ1n) is 10.2. The predicted molar refractivity (Wildman–Crippen MR) is 115 cm³/mol. The summed E-state index contributed by atoms with van der Waals surface area (Å²) < 4.78 is 65.3. The average molecular weight is 481 g/mol. The van der Waals surface area contributed by atoms with Crippen LogP contribution in [0.2, 0.25) is 0 Å². The number of carbonyl (C=O) groups is 2.